The quantitative estimate of drug-likeness (QED) is 0.462. The van der Waals surface area contributed by atoms with Crippen LogP contribution in [-0.2, 0) is 4.79 Å². The van der Waals surface area contributed by atoms with Crippen LogP contribution in [0, 0.1) is 0 Å². The molecule has 0 bridgehead atoms. The Hall–Kier alpha value is -3.68. The molecule has 0 unspecified atom stereocenters. The first-order valence-corrected chi connectivity index (χ1v) is 9.98. The summed E-state index contributed by atoms with van der Waals surface area (Å²) in [5.74, 6) is -0.800. The highest BCUT2D eigenvalue weighted by atomic mass is 16.3. The van der Waals surface area contributed by atoms with Crippen LogP contribution in [0.3, 0.4) is 0 Å². The maximum Gasteiger partial charge on any atom is 0.255 e. The van der Waals surface area contributed by atoms with Gasteiger partial charge in [0.1, 0.15) is 5.75 Å². The minimum Gasteiger partial charge on any atom is -0.506 e. The highest BCUT2D eigenvalue weighted by Crippen LogP contribution is 2.26. The number of phenolic OH excluding ortho intramolecular Hbond substituents is 1. The van der Waals surface area contributed by atoms with Crippen LogP contribution < -0.4 is 10.6 Å². The van der Waals surface area contributed by atoms with E-state index >= 15 is 0 Å². The van der Waals surface area contributed by atoms with Crippen LogP contribution in [0.15, 0.2) is 72.8 Å². The Morgan fingerprint density at radius 1 is 0.903 bits per heavy atom. The Morgan fingerprint density at radius 3 is 2.26 bits per heavy atom. The predicted molar refractivity (Wildman–Crippen MR) is 119 cm³/mol. The van der Waals surface area contributed by atoms with Gasteiger partial charge >= 0.3 is 0 Å². The van der Waals surface area contributed by atoms with Crippen LogP contribution in [0.1, 0.15) is 10.4 Å². The third-order valence-corrected chi connectivity index (χ3v) is 5.09. The largest absolute Gasteiger partial charge is 0.506 e. The lowest BCUT2D eigenvalue weighted by atomic mass is 10.1. The maximum absolute atomic E-state index is 12.6. The first-order valence-electron chi connectivity index (χ1n) is 9.98. The summed E-state index contributed by atoms with van der Waals surface area (Å²) in [6.07, 6.45) is -0.394. The molecule has 3 aromatic carbocycles. The molecule has 3 aromatic rings. The van der Waals surface area contributed by atoms with Gasteiger partial charge in [-0.25, -0.2) is 0 Å². The number of aliphatic hydroxyl groups excluding tert-OH is 1. The molecule has 31 heavy (non-hydrogen) atoms. The fourth-order valence-electron chi connectivity index (χ4n) is 3.42. The third-order valence-electron chi connectivity index (χ3n) is 5.09. The lowest BCUT2D eigenvalue weighted by Crippen LogP contribution is -2.53. The summed E-state index contributed by atoms with van der Waals surface area (Å²) >= 11 is 0. The van der Waals surface area contributed by atoms with E-state index in [4.69, 9.17) is 0 Å². The molecule has 0 saturated carbocycles. The van der Waals surface area contributed by atoms with Crippen molar-refractivity contribution in [2.45, 2.75) is 6.10 Å². The van der Waals surface area contributed by atoms with Gasteiger partial charge in [-0.05, 0) is 41.5 Å². The van der Waals surface area contributed by atoms with Crippen LogP contribution >= 0.6 is 0 Å². The van der Waals surface area contributed by atoms with Gasteiger partial charge in [0, 0.05) is 24.3 Å². The van der Waals surface area contributed by atoms with Crippen molar-refractivity contribution in [2.75, 3.05) is 30.3 Å². The predicted octanol–water partition coefficient (Wildman–Crippen LogP) is 2.93. The van der Waals surface area contributed by atoms with Gasteiger partial charge in [0.2, 0.25) is 5.91 Å². The fraction of sp³-hybridized carbons (Fsp3) is 0.167. The number of hydrogen-bond donors (Lipinski definition) is 4. The number of aliphatic hydroxyl groups is 1. The SMILES string of the molecule is O=C(CN1CC(O)C1)Nc1cc(C(=O)Nc2ccc(-c3ccccc3)cc2)ccc1O. The number of β-amino-alcohol motifs (C(OH)–C–C–N with tert-alkyl or cyclic N) is 1. The molecule has 1 fully saturated rings. The maximum atomic E-state index is 12.6. The van der Waals surface area contributed by atoms with Gasteiger partial charge in [-0.15, -0.1) is 0 Å². The Kier molecular flexibility index (Phi) is 5.97. The summed E-state index contributed by atoms with van der Waals surface area (Å²) in [5, 5.41) is 24.8. The molecular formula is C24H23N3O4. The molecular weight excluding hydrogens is 394 g/mol. The molecule has 1 aliphatic heterocycles. The van der Waals surface area contributed by atoms with Crippen molar-refractivity contribution in [1.82, 2.24) is 4.90 Å². The molecule has 1 aliphatic rings. The number of hydrogen-bond acceptors (Lipinski definition) is 5. The molecule has 0 atom stereocenters. The molecule has 158 valence electrons. The number of carbonyl (C=O) groups is 2. The molecule has 4 rings (SSSR count). The van der Waals surface area contributed by atoms with E-state index in [1.807, 2.05) is 54.6 Å². The summed E-state index contributed by atoms with van der Waals surface area (Å²) in [7, 11) is 0. The number of phenols is 1. The van der Waals surface area contributed by atoms with E-state index in [0.717, 1.165) is 11.1 Å². The Labute approximate surface area is 180 Å². The zero-order chi connectivity index (χ0) is 21.8. The molecule has 1 heterocycles. The molecule has 0 aliphatic carbocycles. The lowest BCUT2D eigenvalue weighted by Gasteiger charge is -2.35. The van der Waals surface area contributed by atoms with Gasteiger partial charge in [-0.1, -0.05) is 42.5 Å². The van der Waals surface area contributed by atoms with E-state index in [-0.39, 0.29) is 29.8 Å². The number of rotatable bonds is 6. The van der Waals surface area contributed by atoms with Crippen LogP contribution in [0.2, 0.25) is 0 Å². The van der Waals surface area contributed by atoms with E-state index in [0.29, 0.717) is 24.3 Å². The van der Waals surface area contributed by atoms with Crippen molar-refractivity contribution in [3.8, 4) is 16.9 Å². The summed E-state index contributed by atoms with van der Waals surface area (Å²) in [4.78, 5) is 26.6. The van der Waals surface area contributed by atoms with Crippen LogP contribution in [0.5, 0.6) is 5.75 Å². The number of likely N-dealkylation sites (tertiary alicyclic amines) is 1. The Morgan fingerprint density at radius 2 is 1.58 bits per heavy atom. The van der Waals surface area contributed by atoms with Crippen LogP contribution in [0.25, 0.3) is 11.1 Å². The summed E-state index contributed by atoms with van der Waals surface area (Å²) < 4.78 is 0. The molecule has 1 saturated heterocycles. The first kappa shape index (κ1) is 20.6. The summed E-state index contributed by atoms with van der Waals surface area (Å²) in [6.45, 7) is 1.01. The van der Waals surface area contributed by atoms with Crippen molar-refractivity contribution in [1.29, 1.82) is 0 Å². The molecule has 2 amide bonds. The topological polar surface area (TPSA) is 102 Å². The molecule has 7 heteroatoms. The molecule has 0 radical (unpaired) electrons. The smallest absolute Gasteiger partial charge is 0.255 e. The number of anilines is 2. The minimum absolute atomic E-state index is 0.112. The van der Waals surface area contributed by atoms with E-state index in [1.54, 1.807) is 4.90 Å². The van der Waals surface area contributed by atoms with Crippen molar-refractivity contribution >= 4 is 23.2 Å². The zero-order valence-electron chi connectivity index (χ0n) is 16.8. The normalized spacial score (nSPS) is 14.0. The summed E-state index contributed by atoms with van der Waals surface area (Å²) in [6, 6.07) is 21.7. The average molecular weight is 417 g/mol. The zero-order valence-corrected chi connectivity index (χ0v) is 16.8. The summed E-state index contributed by atoms with van der Waals surface area (Å²) in [5.41, 5.74) is 3.24. The second-order valence-electron chi connectivity index (χ2n) is 7.53. The van der Waals surface area contributed by atoms with Crippen LogP contribution in [0.4, 0.5) is 11.4 Å². The standard InChI is InChI=1S/C24H23N3O4/c28-20-13-27(14-20)15-23(30)26-21-12-18(8-11-22(21)29)24(31)25-19-9-6-17(7-10-19)16-4-2-1-3-5-16/h1-12,20,28-29H,13-15H2,(H,25,31)(H,26,30). The second kappa shape index (κ2) is 8.99. The van der Waals surface area contributed by atoms with Crippen molar-refractivity contribution in [3.05, 3.63) is 78.4 Å². The molecule has 0 aromatic heterocycles. The highest BCUT2D eigenvalue weighted by molar-refractivity contribution is 6.06. The van der Waals surface area contributed by atoms with E-state index in [9.17, 15) is 19.8 Å². The lowest BCUT2D eigenvalue weighted by molar-refractivity contribution is -0.119. The Bertz CT molecular complexity index is 1080. The number of carbonyl (C=O) groups excluding carboxylic acids is 2. The Balaban J connectivity index is 1.40. The van der Waals surface area contributed by atoms with E-state index in [1.165, 1.54) is 18.2 Å². The molecule has 4 N–H and O–H groups in total. The second-order valence-corrected chi connectivity index (χ2v) is 7.53. The number of aromatic hydroxyl groups is 1. The van der Waals surface area contributed by atoms with Crippen molar-refractivity contribution < 1.29 is 19.8 Å². The average Bonchev–Trinajstić information content (AvgIpc) is 2.75. The number of nitrogens with zero attached hydrogens (tertiary/aromatic N) is 1. The first-order chi connectivity index (χ1) is 15.0. The van der Waals surface area contributed by atoms with Gasteiger partial charge in [0.05, 0.1) is 18.3 Å². The van der Waals surface area contributed by atoms with Crippen molar-refractivity contribution in [2.24, 2.45) is 0 Å². The number of benzene rings is 3. The minimum atomic E-state index is -0.394. The van der Waals surface area contributed by atoms with E-state index in [2.05, 4.69) is 10.6 Å². The monoisotopic (exact) mass is 417 g/mol. The number of amides is 2. The fourth-order valence-corrected chi connectivity index (χ4v) is 3.42. The van der Waals surface area contributed by atoms with Gasteiger partial charge in [0.25, 0.3) is 5.91 Å². The highest BCUT2D eigenvalue weighted by Gasteiger charge is 2.26. The molecule has 7 nitrogen and oxygen atoms in total. The van der Waals surface area contributed by atoms with Crippen molar-refractivity contribution in [3.63, 3.8) is 0 Å². The van der Waals surface area contributed by atoms with Gasteiger partial charge in [-0.3, -0.25) is 14.5 Å². The van der Waals surface area contributed by atoms with Gasteiger partial charge < -0.3 is 20.8 Å². The van der Waals surface area contributed by atoms with Gasteiger partial charge in [0.15, 0.2) is 0 Å². The third kappa shape index (κ3) is 5.09. The molecule has 0 spiro atoms. The number of nitrogens with one attached hydrogen (secondary N) is 2. The van der Waals surface area contributed by atoms with Gasteiger partial charge in [-0.2, -0.15) is 0 Å². The van der Waals surface area contributed by atoms with E-state index < -0.39 is 6.10 Å². The van der Waals surface area contributed by atoms with Crippen LogP contribution in [-0.4, -0.2) is 52.7 Å².